The van der Waals surface area contributed by atoms with Gasteiger partial charge >= 0.3 is 6.18 Å². The molecule has 0 saturated heterocycles. The lowest BCUT2D eigenvalue weighted by Crippen LogP contribution is -2.06. The van der Waals surface area contributed by atoms with E-state index in [2.05, 4.69) is 5.32 Å². The van der Waals surface area contributed by atoms with Gasteiger partial charge in [-0.05, 0) is 30.5 Å². The van der Waals surface area contributed by atoms with E-state index in [4.69, 9.17) is 16.0 Å². The zero-order valence-electron chi connectivity index (χ0n) is 14.0. The smallest absolute Gasteiger partial charge is 0.417 e. The quantitative estimate of drug-likeness (QED) is 0.527. The van der Waals surface area contributed by atoms with Crippen LogP contribution in [0.3, 0.4) is 0 Å². The number of furan rings is 1. The van der Waals surface area contributed by atoms with Crippen molar-refractivity contribution < 1.29 is 22.7 Å². The largest absolute Gasteiger partial charge is 0.504 e. The molecule has 3 nitrogen and oxygen atoms in total. The van der Waals surface area contributed by atoms with Gasteiger partial charge in [-0.2, -0.15) is 13.2 Å². The van der Waals surface area contributed by atoms with Crippen molar-refractivity contribution >= 4 is 17.5 Å². The molecule has 2 N–H and O–H groups in total. The predicted octanol–water partition coefficient (Wildman–Crippen LogP) is 6.57. The van der Waals surface area contributed by atoms with Gasteiger partial charge in [-0.1, -0.05) is 48.0 Å². The Balaban J connectivity index is 1.88. The second-order valence-electron chi connectivity index (χ2n) is 6.46. The van der Waals surface area contributed by atoms with E-state index in [1.165, 1.54) is 12.1 Å². The lowest BCUT2D eigenvalue weighted by atomic mass is 10.0. The molecule has 0 amide bonds. The third-order valence-corrected chi connectivity index (χ3v) is 4.72. The molecule has 7 heteroatoms. The van der Waals surface area contributed by atoms with Crippen molar-refractivity contribution in [3.05, 3.63) is 59.1 Å². The van der Waals surface area contributed by atoms with E-state index in [1.54, 1.807) is 24.3 Å². The molecule has 3 aromatic rings. The van der Waals surface area contributed by atoms with E-state index in [-0.39, 0.29) is 34.6 Å². The summed E-state index contributed by atoms with van der Waals surface area (Å²) in [6.07, 6.45) is -2.72. The number of anilines is 1. The van der Waals surface area contributed by atoms with Gasteiger partial charge < -0.3 is 14.8 Å². The van der Waals surface area contributed by atoms with Gasteiger partial charge in [0, 0.05) is 11.6 Å². The Bertz CT molecular complexity index is 979. The summed E-state index contributed by atoms with van der Waals surface area (Å²) in [4.78, 5) is 0. The minimum Gasteiger partial charge on any atom is -0.504 e. The Morgan fingerprint density at radius 3 is 2.37 bits per heavy atom. The Morgan fingerprint density at radius 1 is 1.04 bits per heavy atom. The van der Waals surface area contributed by atoms with Crippen LogP contribution in [0, 0.1) is 0 Å². The normalized spacial score (nSPS) is 14.4. The summed E-state index contributed by atoms with van der Waals surface area (Å²) in [5.74, 6) is 0.251. The maximum Gasteiger partial charge on any atom is 0.417 e. The molecule has 0 aliphatic heterocycles. The molecule has 0 unspecified atom stereocenters. The van der Waals surface area contributed by atoms with Crippen LogP contribution >= 0.6 is 11.6 Å². The number of rotatable bonds is 4. The maximum absolute atomic E-state index is 13.2. The molecule has 1 saturated carbocycles. The minimum atomic E-state index is -4.60. The average Bonchev–Trinajstić information content (AvgIpc) is 3.38. The highest BCUT2D eigenvalue weighted by Gasteiger charge is 2.35. The van der Waals surface area contributed by atoms with Crippen molar-refractivity contribution in [3.8, 4) is 28.2 Å². The summed E-state index contributed by atoms with van der Waals surface area (Å²) in [5, 5.41) is 13.5. The van der Waals surface area contributed by atoms with E-state index in [0.717, 1.165) is 18.9 Å². The van der Waals surface area contributed by atoms with E-state index in [9.17, 15) is 18.3 Å². The van der Waals surface area contributed by atoms with Crippen molar-refractivity contribution in [2.24, 2.45) is 0 Å². The van der Waals surface area contributed by atoms with Gasteiger partial charge in [0.2, 0.25) is 5.88 Å². The van der Waals surface area contributed by atoms with Crippen molar-refractivity contribution in [1.82, 2.24) is 0 Å². The Labute approximate surface area is 158 Å². The summed E-state index contributed by atoms with van der Waals surface area (Å²) in [6, 6.07) is 12.6. The molecule has 0 radical (unpaired) electrons. The summed E-state index contributed by atoms with van der Waals surface area (Å²) >= 11 is 5.72. The van der Waals surface area contributed by atoms with Gasteiger partial charge in [0.15, 0.2) is 11.5 Å². The lowest BCUT2D eigenvalue weighted by molar-refractivity contribution is -0.137. The first kappa shape index (κ1) is 17.8. The third-order valence-electron chi connectivity index (χ3n) is 4.39. The molecule has 0 spiro atoms. The van der Waals surface area contributed by atoms with Crippen LogP contribution in [0.15, 0.2) is 52.9 Å². The zero-order valence-corrected chi connectivity index (χ0v) is 14.7. The number of hydrogen-bond acceptors (Lipinski definition) is 3. The molecule has 2 aromatic carbocycles. The van der Waals surface area contributed by atoms with Crippen molar-refractivity contribution in [1.29, 1.82) is 0 Å². The number of nitrogens with one attached hydrogen (secondary N) is 1. The van der Waals surface area contributed by atoms with Crippen LogP contribution in [0.4, 0.5) is 19.1 Å². The summed E-state index contributed by atoms with van der Waals surface area (Å²) < 4.78 is 45.6. The summed E-state index contributed by atoms with van der Waals surface area (Å²) in [6.45, 7) is 0. The second kappa shape index (κ2) is 6.53. The molecule has 0 atom stereocenters. The van der Waals surface area contributed by atoms with Gasteiger partial charge in [-0.3, -0.25) is 0 Å². The predicted molar refractivity (Wildman–Crippen MR) is 97.9 cm³/mol. The molecule has 1 aliphatic rings. The standard InChI is InChI=1S/C20H15ClF3NO2/c21-15-9-6-12(10-14(15)20(22,23)24)16-17(26)18(11-4-2-1-3-5-11)27-19(16)25-13-7-8-13/h1-6,9-10,13,25-26H,7-8H2. The first-order valence-electron chi connectivity index (χ1n) is 8.39. The monoisotopic (exact) mass is 393 g/mol. The number of alkyl halides is 3. The molecule has 27 heavy (non-hydrogen) atoms. The Morgan fingerprint density at radius 2 is 1.74 bits per heavy atom. The highest BCUT2D eigenvalue weighted by atomic mass is 35.5. The Kier molecular flexibility index (Phi) is 4.30. The van der Waals surface area contributed by atoms with Crippen LogP contribution in [0.25, 0.3) is 22.5 Å². The first-order chi connectivity index (χ1) is 12.8. The van der Waals surface area contributed by atoms with E-state index >= 15 is 0 Å². The van der Waals surface area contributed by atoms with Crippen molar-refractivity contribution in [2.45, 2.75) is 25.1 Å². The number of hydrogen-bond donors (Lipinski definition) is 2. The lowest BCUT2D eigenvalue weighted by Gasteiger charge is -2.11. The summed E-state index contributed by atoms with van der Waals surface area (Å²) in [7, 11) is 0. The van der Waals surface area contributed by atoms with E-state index in [1.807, 2.05) is 6.07 Å². The molecule has 1 aliphatic carbocycles. The van der Waals surface area contributed by atoms with Gasteiger partial charge in [0.25, 0.3) is 0 Å². The summed E-state index contributed by atoms with van der Waals surface area (Å²) in [5.41, 5.74) is 0.0484. The van der Waals surface area contributed by atoms with Crippen LogP contribution in [0.1, 0.15) is 18.4 Å². The maximum atomic E-state index is 13.2. The molecule has 0 bridgehead atoms. The molecule has 1 heterocycles. The molecular formula is C20H15ClF3NO2. The fraction of sp³-hybridized carbons (Fsp3) is 0.200. The fourth-order valence-electron chi connectivity index (χ4n) is 2.89. The molecule has 1 fully saturated rings. The van der Waals surface area contributed by atoms with Crippen LogP contribution in [-0.4, -0.2) is 11.1 Å². The Hall–Kier alpha value is -2.60. The fourth-order valence-corrected chi connectivity index (χ4v) is 3.11. The van der Waals surface area contributed by atoms with Crippen molar-refractivity contribution in [2.75, 3.05) is 5.32 Å². The molecule has 4 rings (SSSR count). The van der Waals surface area contributed by atoms with Crippen LogP contribution < -0.4 is 5.32 Å². The highest BCUT2D eigenvalue weighted by Crippen LogP contribution is 2.48. The highest BCUT2D eigenvalue weighted by molar-refractivity contribution is 6.31. The van der Waals surface area contributed by atoms with E-state index in [0.29, 0.717) is 5.56 Å². The molecular weight excluding hydrogens is 379 g/mol. The topological polar surface area (TPSA) is 45.4 Å². The van der Waals surface area contributed by atoms with Gasteiger partial charge in [-0.25, -0.2) is 0 Å². The second-order valence-corrected chi connectivity index (χ2v) is 6.87. The van der Waals surface area contributed by atoms with Crippen LogP contribution in [0.5, 0.6) is 5.75 Å². The number of halogens is 4. The molecule has 140 valence electrons. The van der Waals surface area contributed by atoms with Crippen LogP contribution in [-0.2, 0) is 6.18 Å². The van der Waals surface area contributed by atoms with E-state index < -0.39 is 16.8 Å². The minimum absolute atomic E-state index is 0.179. The zero-order chi connectivity index (χ0) is 19.2. The van der Waals surface area contributed by atoms with Gasteiger partial charge in [-0.15, -0.1) is 0 Å². The van der Waals surface area contributed by atoms with Gasteiger partial charge in [0.05, 0.1) is 16.1 Å². The average molecular weight is 394 g/mol. The van der Waals surface area contributed by atoms with Gasteiger partial charge in [0.1, 0.15) is 0 Å². The SMILES string of the molecule is Oc1c(-c2ccccc2)oc(NC2CC2)c1-c1ccc(Cl)c(C(F)(F)F)c1. The third kappa shape index (κ3) is 3.49. The molecule has 1 aromatic heterocycles. The number of aromatic hydroxyl groups is 1. The first-order valence-corrected chi connectivity index (χ1v) is 8.77. The van der Waals surface area contributed by atoms with Crippen LogP contribution in [0.2, 0.25) is 5.02 Å². The number of benzene rings is 2. The van der Waals surface area contributed by atoms with Crippen molar-refractivity contribution in [3.63, 3.8) is 0 Å².